The minimum Gasteiger partial charge on any atom is -0.475 e. The van der Waals surface area contributed by atoms with Gasteiger partial charge in [0.25, 0.3) is 0 Å². The van der Waals surface area contributed by atoms with E-state index in [1.807, 2.05) is 19.9 Å². The predicted molar refractivity (Wildman–Crippen MR) is 85.0 cm³/mol. The molecule has 27 heavy (non-hydrogen) atoms. The first kappa shape index (κ1) is 29.3. The number of carbonyl (C=O) groups is 2. The normalized spacial score (nSPS) is 11.2. The van der Waals surface area contributed by atoms with Gasteiger partial charge in [0.05, 0.1) is 6.54 Å². The lowest BCUT2D eigenvalue weighted by molar-refractivity contribution is -0.193. The van der Waals surface area contributed by atoms with Gasteiger partial charge in [-0.15, -0.1) is 0 Å². The number of carboxylic acids is 2. The number of nitrogens with two attached hydrogens (primary N) is 2. The third-order valence-corrected chi connectivity index (χ3v) is 1.93. The van der Waals surface area contributed by atoms with Crippen molar-refractivity contribution in [3.63, 3.8) is 0 Å². The zero-order valence-corrected chi connectivity index (χ0v) is 14.5. The molecular weight excluding hydrogens is 390 g/mol. The van der Waals surface area contributed by atoms with Gasteiger partial charge in [0.1, 0.15) is 0 Å². The minimum atomic E-state index is -5.08. The van der Waals surface area contributed by atoms with Crippen LogP contribution >= 0.6 is 0 Å². The number of halogens is 6. The number of rotatable bonds is 5. The van der Waals surface area contributed by atoms with Crippen molar-refractivity contribution in [1.82, 2.24) is 5.32 Å². The second-order valence-electron chi connectivity index (χ2n) is 4.68. The first-order valence-corrected chi connectivity index (χ1v) is 7.03. The summed E-state index contributed by atoms with van der Waals surface area (Å²) in [6, 6.07) is 0. The molecule has 0 spiro atoms. The van der Waals surface area contributed by atoms with Crippen LogP contribution in [0.2, 0.25) is 0 Å². The molecule has 7 N–H and O–H groups in total. The number of nitrogens with one attached hydrogen (secondary N) is 1. The second-order valence-corrected chi connectivity index (χ2v) is 4.68. The zero-order chi connectivity index (χ0) is 22.3. The molecule has 0 bridgehead atoms. The van der Waals surface area contributed by atoms with E-state index < -0.39 is 24.3 Å². The van der Waals surface area contributed by atoms with E-state index in [1.54, 1.807) is 0 Å². The molecule has 0 aliphatic carbocycles. The van der Waals surface area contributed by atoms with Crippen LogP contribution in [-0.2, 0) is 9.59 Å². The lowest BCUT2D eigenvalue weighted by Crippen LogP contribution is -2.33. The SMILES string of the molecule is CC(C)=CCN=C(N)NCCCN.O=C(O)C(F)(F)F.O=C(O)C(F)(F)F. The van der Waals surface area contributed by atoms with Crippen molar-refractivity contribution in [2.75, 3.05) is 19.6 Å². The molecule has 0 radical (unpaired) electrons. The maximum absolute atomic E-state index is 10.6. The molecule has 0 rings (SSSR count). The monoisotopic (exact) mass is 412 g/mol. The summed E-state index contributed by atoms with van der Waals surface area (Å²) < 4.78 is 63.5. The van der Waals surface area contributed by atoms with Crippen LogP contribution in [0.4, 0.5) is 26.3 Å². The third-order valence-electron chi connectivity index (χ3n) is 1.93. The Morgan fingerprint density at radius 1 is 1.04 bits per heavy atom. The number of carboxylic acid groups (broad SMARTS) is 2. The lowest BCUT2D eigenvalue weighted by atomic mass is 10.3. The summed E-state index contributed by atoms with van der Waals surface area (Å²) in [7, 11) is 0. The predicted octanol–water partition coefficient (Wildman–Crippen LogP) is 1.47. The van der Waals surface area contributed by atoms with Gasteiger partial charge >= 0.3 is 24.3 Å². The number of nitrogens with zero attached hydrogens (tertiary/aromatic N) is 1. The van der Waals surface area contributed by atoms with Gasteiger partial charge in [0.15, 0.2) is 5.96 Å². The van der Waals surface area contributed by atoms with Gasteiger partial charge in [-0.05, 0) is 26.8 Å². The fraction of sp³-hybridized carbons (Fsp3) is 0.615. The number of allylic oxidation sites excluding steroid dienone is 1. The highest BCUT2D eigenvalue weighted by Gasteiger charge is 2.38. The highest BCUT2D eigenvalue weighted by atomic mass is 19.4. The summed E-state index contributed by atoms with van der Waals surface area (Å²) in [5, 5.41) is 17.2. The van der Waals surface area contributed by atoms with Gasteiger partial charge in [0, 0.05) is 6.54 Å². The van der Waals surface area contributed by atoms with E-state index in [-0.39, 0.29) is 0 Å². The molecule has 0 aliphatic rings. The highest BCUT2D eigenvalue weighted by molar-refractivity contribution is 5.77. The minimum absolute atomic E-state index is 0.492. The molecule has 0 unspecified atom stereocenters. The van der Waals surface area contributed by atoms with Gasteiger partial charge in [-0.3, -0.25) is 0 Å². The fourth-order valence-corrected chi connectivity index (χ4v) is 0.701. The number of hydrogen-bond acceptors (Lipinski definition) is 4. The topological polar surface area (TPSA) is 151 Å². The van der Waals surface area contributed by atoms with Crippen molar-refractivity contribution in [3.05, 3.63) is 11.6 Å². The van der Waals surface area contributed by atoms with Crippen LogP contribution in [0, 0.1) is 0 Å². The van der Waals surface area contributed by atoms with Gasteiger partial charge in [-0.2, -0.15) is 26.3 Å². The largest absolute Gasteiger partial charge is 0.490 e. The molecule has 14 heteroatoms. The van der Waals surface area contributed by atoms with E-state index in [9.17, 15) is 26.3 Å². The first-order chi connectivity index (χ1) is 12.1. The van der Waals surface area contributed by atoms with Crippen LogP contribution < -0.4 is 16.8 Å². The van der Waals surface area contributed by atoms with Crippen molar-refractivity contribution < 1.29 is 46.1 Å². The lowest BCUT2D eigenvalue weighted by Gasteiger charge is -2.02. The number of alkyl halides is 6. The average molecular weight is 412 g/mol. The third kappa shape index (κ3) is 25.8. The Hall–Kier alpha value is -2.51. The molecule has 0 atom stereocenters. The summed E-state index contributed by atoms with van der Waals surface area (Å²) in [6.45, 7) is 6.18. The number of hydrogen-bond donors (Lipinski definition) is 5. The van der Waals surface area contributed by atoms with E-state index in [0.29, 0.717) is 19.0 Å². The van der Waals surface area contributed by atoms with E-state index >= 15 is 0 Å². The Bertz CT molecular complexity index is 476. The van der Waals surface area contributed by atoms with Crippen LogP contribution in [-0.4, -0.2) is 60.1 Å². The van der Waals surface area contributed by atoms with Crippen molar-refractivity contribution in [3.8, 4) is 0 Å². The van der Waals surface area contributed by atoms with Crippen LogP contribution in [0.3, 0.4) is 0 Å². The molecule has 160 valence electrons. The second kappa shape index (κ2) is 14.6. The Labute approximate surface area is 150 Å². The maximum Gasteiger partial charge on any atom is 0.490 e. The maximum atomic E-state index is 10.6. The quantitative estimate of drug-likeness (QED) is 0.151. The Balaban J connectivity index is -0.000000350. The van der Waals surface area contributed by atoms with Crippen molar-refractivity contribution >= 4 is 17.9 Å². The van der Waals surface area contributed by atoms with Crippen molar-refractivity contribution in [2.24, 2.45) is 16.5 Å². The van der Waals surface area contributed by atoms with Crippen LogP contribution in [0.25, 0.3) is 0 Å². The fourth-order valence-electron chi connectivity index (χ4n) is 0.701. The molecule has 0 heterocycles. The highest BCUT2D eigenvalue weighted by Crippen LogP contribution is 2.13. The summed E-state index contributed by atoms with van der Waals surface area (Å²) in [5.74, 6) is -5.02. The van der Waals surface area contributed by atoms with Gasteiger partial charge in [-0.1, -0.05) is 11.6 Å². The molecule has 0 saturated heterocycles. The summed E-state index contributed by atoms with van der Waals surface area (Å²) in [5.41, 5.74) is 12.1. The smallest absolute Gasteiger partial charge is 0.475 e. The molecular formula is C13H22F6N4O4. The molecule has 0 fully saturated rings. The van der Waals surface area contributed by atoms with Gasteiger partial charge in [-0.25, -0.2) is 14.6 Å². The van der Waals surface area contributed by atoms with Crippen LogP contribution in [0.1, 0.15) is 20.3 Å². The average Bonchev–Trinajstić information content (AvgIpc) is 2.46. The van der Waals surface area contributed by atoms with Gasteiger partial charge < -0.3 is 27.0 Å². The Morgan fingerprint density at radius 2 is 1.41 bits per heavy atom. The molecule has 0 aliphatic heterocycles. The summed E-state index contributed by atoms with van der Waals surface area (Å²) >= 11 is 0. The number of aliphatic imine (C=N–C) groups is 1. The van der Waals surface area contributed by atoms with Crippen LogP contribution in [0.5, 0.6) is 0 Å². The Morgan fingerprint density at radius 3 is 1.67 bits per heavy atom. The molecule has 0 amide bonds. The van der Waals surface area contributed by atoms with E-state index in [1.165, 1.54) is 5.57 Å². The Kier molecular flexibility index (Phi) is 15.9. The van der Waals surface area contributed by atoms with Crippen molar-refractivity contribution in [1.29, 1.82) is 0 Å². The van der Waals surface area contributed by atoms with E-state index in [4.69, 9.17) is 31.3 Å². The van der Waals surface area contributed by atoms with Crippen LogP contribution in [0.15, 0.2) is 16.6 Å². The standard InChI is InChI=1S/C9H20N4.2C2HF3O2/c1-8(2)4-7-13-9(11)12-6-3-5-10;2*3-2(4,5)1(6)7/h4H,3,5-7,10H2,1-2H3,(H3,11,12,13);2*(H,6,7). The molecule has 0 saturated carbocycles. The molecule has 0 aromatic heterocycles. The summed E-state index contributed by atoms with van der Waals surface area (Å²) in [6.07, 6.45) is -7.23. The molecule has 0 aromatic rings. The number of aliphatic carboxylic acids is 2. The van der Waals surface area contributed by atoms with Gasteiger partial charge in [0.2, 0.25) is 0 Å². The van der Waals surface area contributed by atoms with E-state index in [2.05, 4.69) is 10.3 Å². The first-order valence-electron chi connectivity index (χ1n) is 7.03. The zero-order valence-electron chi connectivity index (χ0n) is 14.5. The van der Waals surface area contributed by atoms with Crippen molar-refractivity contribution in [2.45, 2.75) is 32.6 Å². The van der Waals surface area contributed by atoms with E-state index in [0.717, 1.165) is 13.0 Å². The summed E-state index contributed by atoms with van der Waals surface area (Å²) in [4.78, 5) is 21.9. The molecule has 8 nitrogen and oxygen atoms in total. The number of guanidine groups is 1. The molecule has 0 aromatic carbocycles.